The lowest BCUT2D eigenvalue weighted by Gasteiger charge is -2.52. The van der Waals surface area contributed by atoms with Gasteiger partial charge in [-0.3, -0.25) is 0 Å². The Morgan fingerprint density at radius 3 is 1.73 bits per heavy atom. The Balaban J connectivity index is 1.18. The molecule has 0 amide bonds. The minimum absolute atomic E-state index is 0.0463. The van der Waals surface area contributed by atoms with Crippen LogP contribution in [0.15, 0.2) is 164 Å². The molecule has 0 radical (unpaired) electrons. The summed E-state index contributed by atoms with van der Waals surface area (Å²) in [4.78, 5) is 7.49. The lowest BCUT2D eigenvalue weighted by molar-refractivity contribution is 0.188. The molecule has 2 bridgehead atoms. The molecule has 0 atom stereocenters. The average molecular weight is 1070 g/mol. The quantitative estimate of drug-likeness (QED) is 0.154. The van der Waals surface area contributed by atoms with Gasteiger partial charge in [0.15, 0.2) is 0 Å². The van der Waals surface area contributed by atoms with Gasteiger partial charge in [-0.25, -0.2) is 0 Å². The Labute approximate surface area is 486 Å². The van der Waals surface area contributed by atoms with E-state index in [9.17, 15) is 0 Å². The Morgan fingerprint density at radius 1 is 0.512 bits per heavy atom. The SMILES string of the molecule is [2H]C([2H])([2H])c1ccccc1N(c1ccccc1)c1cc2c3c(c1)N(c1ccc(C(C)(C)C)cc1)c1c(sc4cc5c(cc14)C1(C)CCC5(C)CC1)B3c1cc3c(cc1N2c1ccc(C(C)(C)C)cc1-c1ccccc1)C(C)(C)CCC3(C)C. The van der Waals surface area contributed by atoms with E-state index in [4.69, 9.17) is 4.11 Å². The van der Waals surface area contributed by atoms with Gasteiger partial charge in [0.1, 0.15) is 0 Å². The van der Waals surface area contributed by atoms with Gasteiger partial charge in [-0.2, -0.15) is 0 Å². The van der Waals surface area contributed by atoms with Crippen LogP contribution < -0.4 is 30.4 Å². The minimum atomic E-state index is -2.39. The fraction of sp³-hybridized carbons (Fsp3) is 0.333. The van der Waals surface area contributed by atoms with Gasteiger partial charge in [-0.15, -0.1) is 11.3 Å². The van der Waals surface area contributed by atoms with Crippen LogP contribution in [-0.4, -0.2) is 6.71 Å². The molecule has 0 N–H and O–H groups in total. The van der Waals surface area contributed by atoms with Gasteiger partial charge in [0.2, 0.25) is 0 Å². The van der Waals surface area contributed by atoms with Crippen molar-refractivity contribution in [3.8, 4) is 11.1 Å². The molecule has 1 aromatic heterocycles. The molecule has 0 saturated heterocycles. The molecule has 3 nitrogen and oxygen atoms in total. The molecule has 6 aliphatic rings. The van der Waals surface area contributed by atoms with Crippen LogP contribution in [0.5, 0.6) is 0 Å². The van der Waals surface area contributed by atoms with Crippen LogP contribution in [0.4, 0.5) is 51.2 Å². The standard InChI is InChI=1S/C75H78BN3S/c1-47-22-20-21-27-61(47)77(51-25-18-15-19-26-51)53-41-64-67-65(42-53)79(62-33-30-50(71(5,6)7)40-54(62)48-23-16-14-17-24-48)63-45-57-56(72(8,9)34-35-73(57,10)11)44-60(63)76(67)69-68(78(64)52-31-28-49(29-32-52)70(2,3)4)55-43-58-59(46-66(55)80-69)75(13)38-36-74(58,12)37-39-75/h14-33,40-46H,34-39H2,1-13H3/i1D3. The van der Waals surface area contributed by atoms with Crippen molar-refractivity contribution in [2.45, 2.75) is 161 Å². The third kappa shape index (κ3) is 7.79. The summed E-state index contributed by atoms with van der Waals surface area (Å²) in [6, 6.07) is 61.1. The summed E-state index contributed by atoms with van der Waals surface area (Å²) in [6.45, 7) is 26.3. The molecule has 9 aromatic rings. The maximum Gasteiger partial charge on any atom is 0.264 e. The highest BCUT2D eigenvalue weighted by atomic mass is 32.1. The number of anilines is 9. The molecule has 8 aromatic carbocycles. The Bertz CT molecular complexity index is 4090. The third-order valence-corrected chi connectivity index (χ3v) is 21.3. The number of hydrogen-bond donors (Lipinski definition) is 0. The predicted octanol–water partition coefficient (Wildman–Crippen LogP) is 19.5. The first kappa shape index (κ1) is 47.9. The van der Waals surface area contributed by atoms with Crippen molar-refractivity contribution in [2.75, 3.05) is 14.7 Å². The van der Waals surface area contributed by atoms with E-state index >= 15 is 0 Å². The van der Waals surface area contributed by atoms with Crippen molar-refractivity contribution in [2.24, 2.45) is 0 Å². The van der Waals surface area contributed by atoms with Crippen LogP contribution in [0.2, 0.25) is 0 Å². The van der Waals surface area contributed by atoms with Gasteiger partial charge in [-0.05, 0) is 206 Å². The number of hydrogen-bond acceptors (Lipinski definition) is 4. The van der Waals surface area contributed by atoms with Crippen LogP contribution in [0.1, 0.15) is 165 Å². The zero-order chi connectivity index (χ0) is 58.1. The number of nitrogens with zero attached hydrogens (tertiary/aromatic N) is 3. The molecule has 0 unspecified atom stereocenters. The maximum atomic E-state index is 9.09. The first-order valence-corrected chi connectivity index (χ1v) is 30.4. The molecule has 4 aliphatic carbocycles. The van der Waals surface area contributed by atoms with Crippen LogP contribution in [0.3, 0.4) is 0 Å². The van der Waals surface area contributed by atoms with Crippen molar-refractivity contribution in [1.29, 1.82) is 0 Å². The van der Waals surface area contributed by atoms with Crippen LogP contribution in [0.25, 0.3) is 21.2 Å². The van der Waals surface area contributed by atoms with E-state index in [2.05, 4.69) is 231 Å². The molecular weight excluding hydrogens is 986 g/mol. The van der Waals surface area contributed by atoms with Gasteiger partial charge < -0.3 is 14.7 Å². The molecule has 0 spiro atoms. The average Bonchev–Trinajstić information content (AvgIpc) is 1.98. The Morgan fingerprint density at radius 2 is 1.09 bits per heavy atom. The minimum Gasteiger partial charge on any atom is -0.311 e. The topological polar surface area (TPSA) is 9.72 Å². The summed E-state index contributed by atoms with van der Waals surface area (Å²) in [5.41, 5.74) is 23.0. The smallest absolute Gasteiger partial charge is 0.264 e. The van der Waals surface area contributed by atoms with E-state index in [1.165, 1.54) is 96.2 Å². The van der Waals surface area contributed by atoms with Gasteiger partial charge in [0.05, 0.1) is 17.1 Å². The first-order chi connectivity index (χ1) is 39.2. The molecule has 3 heterocycles. The number of para-hydroxylation sites is 2. The zero-order valence-corrected chi connectivity index (χ0v) is 50.0. The third-order valence-electron chi connectivity index (χ3n) is 20.1. The second kappa shape index (κ2) is 17.6. The van der Waals surface area contributed by atoms with Gasteiger partial charge in [0.25, 0.3) is 6.71 Å². The Hall–Kier alpha value is -6.82. The van der Waals surface area contributed by atoms with E-state index in [-0.39, 0.29) is 39.2 Å². The van der Waals surface area contributed by atoms with E-state index in [0.29, 0.717) is 11.3 Å². The number of benzene rings is 8. The lowest BCUT2D eigenvalue weighted by Crippen LogP contribution is -2.61. The highest BCUT2D eigenvalue weighted by Gasteiger charge is 2.51. The summed E-state index contributed by atoms with van der Waals surface area (Å²) in [5, 5.41) is 1.32. The fourth-order valence-corrected chi connectivity index (χ4v) is 16.3. The number of aryl methyl sites for hydroxylation is 1. The molecule has 1 saturated carbocycles. The van der Waals surface area contributed by atoms with Crippen molar-refractivity contribution in [3.63, 3.8) is 0 Å². The summed E-state index contributed by atoms with van der Waals surface area (Å²) in [5.74, 6) is 0. The molecule has 15 rings (SSSR count). The fourth-order valence-electron chi connectivity index (χ4n) is 14.9. The van der Waals surface area contributed by atoms with Crippen molar-refractivity contribution in [1.82, 2.24) is 0 Å². The molecular formula is C75H78BN3S. The normalized spacial score (nSPS) is 20.9. The number of rotatable bonds is 6. The first-order valence-electron chi connectivity index (χ1n) is 31.1. The van der Waals surface area contributed by atoms with Gasteiger partial charge in [-0.1, -0.05) is 174 Å². The lowest BCUT2D eigenvalue weighted by atomic mass is 9.35. The molecule has 402 valence electrons. The Kier molecular flexibility index (Phi) is 10.5. The van der Waals surface area contributed by atoms with Crippen LogP contribution >= 0.6 is 11.3 Å². The van der Waals surface area contributed by atoms with Gasteiger partial charge in [0, 0.05) is 58.7 Å². The molecule has 80 heavy (non-hydrogen) atoms. The maximum absolute atomic E-state index is 9.09. The zero-order valence-electron chi connectivity index (χ0n) is 52.2. The summed E-state index contributed by atoms with van der Waals surface area (Å²) in [7, 11) is 0. The van der Waals surface area contributed by atoms with E-state index in [1.54, 1.807) is 11.6 Å². The van der Waals surface area contributed by atoms with Crippen molar-refractivity contribution in [3.05, 3.63) is 203 Å². The summed E-state index contributed by atoms with van der Waals surface area (Å²) in [6.07, 6.45) is 7.07. The second-order valence-electron chi connectivity index (χ2n) is 28.4. The molecule has 2 aliphatic heterocycles. The summed E-state index contributed by atoms with van der Waals surface area (Å²) < 4.78 is 30.0. The second-order valence-corrected chi connectivity index (χ2v) is 29.5. The van der Waals surface area contributed by atoms with Crippen molar-refractivity contribution < 1.29 is 4.11 Å². The number of fused-ring (bicyclic) bond motifs is 9. The number of thiophene rings is 1. The monoisotopic (exact) mass is 1070 g/mol. The summed E-state index contributed by atoms with van der Waals surface area (Å²) >= 11 is 2.02. The van der Waals surface area contributed by atoms with E-state index in [1.807, 2.05) is 35.6 Å². The predicted molar refractivity (Wildman–Crippen MR) is 347 cm³/mol. The van der Waals surface area contributed by atoms with E-state index in [0.717, 1.165) is 52.5 Å². The molecule has 5 heteroatoms. The highest BCUT2D eigenvalue weighted by Crippen LogP contribution is 2.60. The van der Waals surface area contributed by atoms with E-state index < -0.39 is 6.85 Å². The van der Waals surface area contributed by atoms with Gasteiger partial charge >= 0.3 is 0 Å². The van der Waals surface area contributed by atoms with Crippen molar-refractivity contribution >= 4 is 95.0 Å². The van der Waals surface area contributed by atoms with Crippen LogP contribution in [0, 0.1) is 6.85 Å². The largest absolute Gasteiger partial charge is 0.311 e. The van der Waals surface area contributed by atoms with Crippen LogP contribution in [-0.2, 0) is 32.5 Å². The molecule has 1 fully saturated rings. The highest BCUT2D eigenvalue weighted by molar-refractivity contribution is 7.33.